The van der Waals surface area contributed by atoms with E-state index in [1.165, 1.54) is 6.07 Å². The fraction of sp³-hybridized carbons (Fsp3) is 0.0833. The zero-order chi connectivity index (χ0) is 13.3. The second kappa shape index (κ2) is 4.68. The lowest BCUT2D eigenvalue weighted by molar-refractivity contribution is -0.139. The normalized spacial score (nSPS) is 11.6. The van der Waals surface area contributed by atoms with Gasteiger partial charge in [-0.15, -0.1) is 0 Å². The van der Waals surface area contributed by atoms with Gasteiger partial charge < -0.3 is 0 Å². The molecule has 0 atom stereocenters. The molecule has 6 heteroatoms. The largest absolute Gasteiger partial charge is 0.419 e. The van der Waals surface area contributed by atoms with Gasteiger partial charge in [-0.05, 0) is 40.2 Å². The van der Waals surface area contributed by atoms with E-state index >= 15 is 0 Å². The molecule has 0 amide bonds. The Morgan fingerprint density at radius 2 is 1.78 bits per heavy atom. The van der Waals surface area contributed by atoms with Crippen LogP contribution < -0.4 is 0 Å². The smallest absolute Gasteiger partial charge is 0.241 e. The third kappa shape index (κ3) is 2.69. The molecule has 1 aromatic carbocycles. The Morgan fingerprint density at radius 1 is 1.06 bits per heavy atom. The molecule has 0 bridgehead atoms. The van der Waals surface area contributed by atoms with Crippen LogP contribution in [0.1, 0.15) is 5.56 Å². The summed E-state index contributed by atoms with van der Waals surface area (Å²) >= 11 is 3.14. The Labute approximate surface area is 109 Å². The zero-order valence-corrected chi connectivity index (χ0v) is 10.4. The highest BCUT2D eigenvalue weighted by Gasteiger charge is 2.33. The van der Waals surface area contributed by atoms with Crippen molar-refractivity contribution in [1.29, 1.82) is 0 Å². The number of benzene rings is 1. The number of aromatic nitrogens is 1. The molecular formula is C12H6BrF4N. The van der Waals surface area contributed by atoms with Crippen LogP contribution in [0.5, 0.6) is 0 Å². The van der Waals surface area contributed by atoms with Crippen molar-refractivity contribution in [1.82, 2.24) is 4.98 Å². The molecule has 0 unspecified atom stereocenters. The average Bonchev–Trinajstić information content (AvgIpc) is 2.27. The van der Waals surface area contributed by atoms with Crippen molar-refractivity contribution >= 4 is 15.9 Å². The molecule has 0 aliphatic carbocycles. The van der Waals surface area contributed by atoms with Gasteiger partial charge in [0.25, 0.3) is 0 Å². The second-order valence-electron chi connectivity index (χ2n) is 3.54. The van der Waals surface area contributed by atoms with E-state index in [2.05, 4.69) is 20.9 Å². The molecular weight excluding hydrogens is 314 g/mol. The monoisotopic (exact) mass is 319 g/mol. The van der Waals surface area contributed by atoms with Gasteiger partial charge in [0.05, 0.1) is 11.3 Å². The molecule has 94 valence electrons. The van der Waals surface area contributed by atoms with E-state index < -0.39 is 17.6 Å². The van der Waals surface area contributed by atoms with Crippen LogP contribution in [0.4, 0.5) is 17.6 Å². The quantitative estimate of drug-likeness (QED) is 0.550. The number of alkyl halides is 3. The van der Waals surface area contributed by atoms with Gasteiger partial charge in [-0.2, -0.15) is 13.2 Å². The zero-order valence-electron chi connectivity index (χ0n) is 8.80. The van der Waals surface area contributed by atoms with E-state index in [0.29, 0.717) is 21.9 Å². The Kier molecular flexibility index (Phi) is 3.38. The van der Waals surface area contributed by atoms with Gasteiger partial charge >= 0.3 is 6.18 Å². The van der Waals surface area contributed by atoms with Crippen LogP contribution in [0.2, 0.25) is 0 Å². The van der Waals surface area contributed by atoms with Gasteiger partial charge in [-0.3, -0.25) is 0 Å². The van der Waals surface area contributed by atoms with E-state index in [1.54, 1.807) is 18.2 Å². The minimum Gasteiger partial charge on any atom is -0.241 e. The molecule has 0 spiro atoms. The molecule has 18 heavy (non-hydrogen) atoms. The van der Waals surface area contributed by atoms with Gasteiger partial charge in [0.15, 0.2) is 0 Å². The standard InChI is InChI=1S/C12H6BrF4N/c13-11-3-1-2-10(18-11)7-4-5-8(9(14)6-7)12(15,16)17/h1-6H. The number of hydrogen-bond acceptors (Lipinski definition) is 1. The third-order valence-corrected chi connectivity index (χ3v) is 2.73. The summed E-state index contributed by atoms with van der Waals surface area (Å²) in [5.41, 5.74) is -0.583. The summed E-state index contributed by atoms with van der Waals surface area (Å²) in [5, 5.41) is 0. The Bertz CT molecular complexity index is 581. The lowest BCUT2D eigenvalue weighted by atomic mass is 10.1. The maximum Gasteiger partial charge on any atom is 0.419 e. The van der Waals surface area contributed by atoms with Crippen molar-refractivity contribution in [3.05, 3.63) is 52.4 Å². The Hall–Kier alpha value is -1.43. The summed E-state index contributed by atoms with van der Waals surface area (Å²) in [4.78, 5) is 4.05. The predicted molar refractivity (Wildman–Crippen MR) is 62.3 cm³/mol. The summed E-state index contributed by atoms with van der Waals surface area (Å²) in [7, 11) is 0. The minimum absolute atomic E-state index is 0.293. The first-order valence-corrected chi connectivity index (χ1v) is 5.67. The van der Waals surface area contributed by atoms with E-state index in [1.807, 2.05) is 0 Å². The van der Waals surface area contributed by atoms with E-state index in [-0.39, 0.29) is 0 Å². The maximum absolute atomic E-state index is 13.4. The van der Waals surface area contributed by atoms with Gasteiger partial charge in [0.1, 0.15) is 10.4 Å². The highest BCUT2D eigenvalue weighted by molar-refractivity contribution is 9.10. The molecule has 0 aliphatic rings. The number of rotatable bonds is 1. The lowest BCUT2D eigenvalue weighted by Gasteiger charge is -2.09. The first-order chi connectivity index (χ1) is 8.38. The maximum atomic E-state index is 13.4. The van der Waals surface area contributed by atoms with Gasteiger partial charge in [-0.25, -0.2) is 9.37 Å². The number of pyridine rings is 1. The summed E-state index contributed by atoms with van der Waals surface area (Å²) in [5.74, 6) is -1.30. The summed E-state index contributed by atoms with van der Waals surface area (Å²) in [6.07, 6.45) is -4.69. The molecule has 0 saturated carbocycles. The van der Waals surface area contributed by atoms with Crippen LogP contribution >= 0.6 is 15.9 Å². The molecule has 2 aromatic rings. The van der Waals surface area contributed by atoms with Crippen LogP contribution in [-0.2, 0) is 6.18 Å². The van der Waals surface area contributed by atoms with Gasteiger partial charge in [0.2, 0.25) is 0 Å². The van der Waals surface area contributed by atoms with Crippen molar-refractivity contribution < 1.29 is 17.6 Å². The van der Waals surface area contributed by atoms with Gasteiger partial charge in [0, 0.05) is 5.56 Å². The Balaban J connectivity index is 2.47. The lowest BCUT2D eigenvalue weighted by Crippen LogP contribution is -2.07. The highest BCUT2D eigenvalue weighted by atomic mass is 79.9. The molecule has 0 radical (unpaired) electrons. The van der Waals surface area contributed by atoms with Gasteiger partial charge in [-0.1, -0.05) is 12.1 Å². The summed E-state index contributed by atoms with van der Waals surface area (Å²) in [6, 6.07) is 7.67. The van der Waals surface area contributed by atoms with E-state index in [9.17, 15) is 17.6 Å². The molecule has 2 rings (SSSR count). The summed E-state index contributed by atoms with van der Waals surface area (Å²) in [6.45, 7) is 0. The third-order valence-electron chi connectivity index (χ3n) is 2.29. The van der Waals surface area contributed by atoms with Crippen molar-refractivity contribution in [2.45, 2.75) is 6.18 Å². The van der Waals surface area contributed by atoms with Crippen LogP contribution in [-0.4, -0.2) is 4.98 Å². The molecule has 1 heterocycles. The first kappa shape index (κ1) is 13.0. The number of hydrogen-bond donors (Lipinski definition) is 0. The topological polar surface area (TPSA) is 12.9 Å². The first-order valence-electron chi connectivity index (χ1n) is 4.87. The second-order valence-corrected chi connectivity index (χ2v) is 4.35. The van der Waals surface area contributed by atoms with Crippen molar-refractivity contribution in [3.8, 4) is 11.3 Å². The summed E-state index contributed by atoms with van der Waals surface area (Å²) < 4.78 is 51.1. The number of halogens is 5. The van der Waals surface area contributed by atoms with Crippen LogP contribution in [0.3, 0.4) is 0 Å². The SMILES string of the molecule is Fc1cc(-c2cccc(Br)n2)ccc1C(F)(F)F. The average molecular weight is 320 g/mol. The van der Waals surface area contributed by atoms with Crippen molar-refractivity contribution in [2.24, 2.45) is 0 Å². The molecule has 0 aliphatic heterocycles. The minimum atomic E-state index is -4.69. The number of nitrogens with zero attached hydrogens (tertiary/aromatic N) is 1. The fourth-order valence-corrected chi connectivity index (χ4v) is 1.82. The van der Waals surface area contributed by atoms with E-state index in [0.717, 1.165) is 6.07 Å². The molecule has 0 N–H and O–H groups in total. The molecule has 1 nitrogen and oxygen atoms in total. The molecule has 1 aromatic heterocycles. The van der Waals surface area contributed by atoms with E-state index in [4.69, 9.17) is 0 Å². The Morgan fingerprint density at radius 3 is 2.33 bits per heavy atom. The highest BCUT2D eigenvalue weighted by Crippen LogP contribution is 2.33. The molecule has 0 fully saturated rings. The van der Waals surface area contributed by atoms with Crippen molar-refractivity contribution in [2.75, 3.05) is 0 Å². The predicted octanol–water partition coefficient (Wildman–Crippen LogP) is 4.67. The van der Waals surface area contributed by atoms with Crippen LogP contribution in [0.25, 0.3) is 11.3 Å². The fourth-order valence-electron chi connectivity index (χ4n) is 1.47. The van der Waals surface area contributed by atoms with Crippen molar-refractivity contribution in [3.63, 3.8) is 0 Å². The van der Waals surface area contributed by atoms with Crippen LogP contribution in [0, 0.1) is 5.82 Å². The van der Waals surface area contributed by atoms with Crippen LogP contribution in [0.15, 0.2) is 41.0 Å². The molecule has 0 saturated heterocycles.